The maximum Gasteiger partial charge on any atom is 0.243 e. The molecule has 146 valence electrons. The van der Waals surface area contributed by atoms with E-state index in [0.29, 0.717) is 37.6 Å². The van der Waals surface area contributed by atoms with Crippen molar-refractivity contribution in [3.63, 3.8) is 0 Å². The van der Waals surface area contributed by atoms with Gasteiger partial charge in [-0.25, -0.2) is 8.42 Å². The molecule has 1 N–H and O–H groups in total. The van der Waals surface area contributed by atoms with Gasteiger partial charge in [0.05, 0.1) is 10.9 Å². The molecule has 0 bridgehead atoms. The number of rotatable bonds is 5. The third-order valence-corrected chi connectivity index (χ3v) is 6.82. The summed E-state index contributed by atoms with van der Waals surface area (Å²) in [6, 6.07) is 6.92. The first kappa shape index (κ1) is 20.9. The Balaban J connectivity index is 2.05. The van der Waals surface area contributed by atoms with E-state index in [4.69, 9.17) is 0 Å². The number of nitrogens with zero attached hydrogens (tertiary/aromatic N) is 2. The Morgan fingerprint density at radius 2 is 1.65 bits per heavy atom. The molecule has 1 aliphatic rings. The molecule has 0 saturated carbocycles. The van der Waals surface area contributed by atoms with Gasteiger partial charge in [-0.15, -0.1) is 0 Å². The summed E-state index contributed by atoms with van der Waals surface area (Å²) in [5.74, 6) is -0.0124. The van der Waals surface area contributed by atoms with E-state index >= 15 is 0 Å². The molecule has 0 aliphatic carbocycles. The molecular weight excluding hydrogens is 350 g/mol. The first-order valence-corrected chi connectivity index (χ1v) is 10.6. The SMILES string of the molecule is CCNC(=O)[C@@H](C)N1CCN(S(=O)(=O)c2ccc(C(C)(C)C)cc2)CC1. The van der Waals surface area contributed by atoms with Gasteiger partial charge < -0.3 is 5.32 Å². The molecule has 1 amide bonds. The van der Waals surface area contributed by atoms with Gasteiger partial charge in [0.2, 0.25) is 15.9 Å². The fraction of sp³-hybridized carbons (Fsp3) is 0.632. The zero-order valence-corrected chi connectivity index (χ0v) is 17.3. The molecule has 0 unspecified atom stereocenters. The topological polar surface area (TPSA) is 69.7 Å². The van der Waals surface area contributed by atoms with Crippen LogP contribution >= 0.6 is 0 Å². The van der Waals surface area contributed by atoms with Crippen molar-refractivity contribution in [3.05, 3.63) is 29.8 Å². The second kappa shape index (κ2) is 8.06. The average molecular weight is 382 g/mol. The molecule has 2 rings (SSSR count). The zero-order chi connectivity index (χ0) is 19.5. The van der Waals surface area contributed by atoms with E-state index in [1.807, 2.05) is 30.9 Å². The van der Waals surface area contributed by atoms with Crippen LogP contribution in [0.1, 0.15) is 40.2 Å². The van der Waals surface area contributed by atoms with Gasteiger partial charge in [-0.05, 0) is 37.0 Å². The number of carbonyl (C=O) groups is 1. The van der Waals surface area contributed by atoms with Crippen molar-refractivity contribution < 1.29 is 13.2 Å². The second-order valence-electron chi connectivity index (χ2n) is 7.78. The highest BCUT2D eigenvalue weighted by molar-refractivity contribution is 7.89. The molecule has 1 saturated heterocycles. The summed E-state index contributed by atoms with van der Waals surface area (Å²) in [6.45, 7) is 12.6. The fourth-order valence-corrected chi connectivity index (χ4v) is 4.52. The first-order valence-electron chi connectivity index (χ1n) is 9.20. The van der Waals surface area contributed by atoms with Crippen LogP contribution in [0.3, 0.4) is 0 Å². The van der Waals surface area contributed by atoms with Crippen LogP contribution in [0, 0.1) is 0 Å². The van der Waals surface area contributed by atoms with Gasteiger partial charge in [0.1, 0.15) is 0 Å². The van der Waals surface area contributed by atoms with Crippen molar-refractivity contribution >= 4 is 15.9 Å². The van der Waals surface area contributed by atoms with Crippen LogP contribution < -0.4 is 5.32 Å². The van der Waals surface area contributed by atoms with Crippen molar-refractivity contribution in [2.75, 3.05) is 32.7 Å². The number of carbonyl (C=O) groups excluding carboxylic acids is 1. The standard InChI is InChI=1S/C19H31N3O3S/c1-6-20-18(23)15(2)21-11-13-22(14-12-21)26(24,25)17-9-7-16(8-10-17)19(3,4)5/h7-10,15H,6,11-14H2,1-5H3,(H,20,23)/t15-/m1/s1. The van der Waals surface area contributed by atoms with Crippen molar-refractivity contribution in [1.82, 2.24) is 14.5 Å². The Morgan fingerprint density at radius 1 is 1.12 bits per heavy atom. The molecule has 0 radical (unpaired) electrons. The molecule has 7 heteroatoms. The van der Waals surface area contributed by atoms with Crippen LogP contribution in [-0.2, 0) is 20.2 Å². The molecule has 1 aliphatic heterocycles. The van der Waals surface area contributed by atoms with Crippen LogP contribution in [0.5, 0.6) is 0 Å². The highest BCUT2D eigenvalue weighted by atomic mass is 32.2. The molecule has 1 atom stereocenters. The minimum Gasteiger partial charge on any atom is -0.355 e. The van der Waals surface area contributed by atoms with Crippen LogP contribution in [0.4, 0.5) is 0 Å². The van der Waals surface area contributed by atoms with Crippen LogP contribution in [0.2, 0.25) is 0 Å². The van der Waals surface area contributed by atoms with Gasteiger partial charge >= 0.3 is 0 Å². The van der Waals surface area contributed by atoms with E-state index in [2.05, 4.69) is 26.1 Å². The number of amides is 1. The Hall–Kier alpha value is -1.44. The summed E-state index contributed by atoms with van der Waals surface area (Å²) in [5, 5.41) is 2.81. The van der Waals surface area contributed by atoms with E-state index in [1.165, 1.54) is 4.31 Å². The number of likely N-dealkylation sites (N-methyl/N-ethyl adjacent to an activating group) is 1. The minimum absolute atomic E-state index is 0.0108. The molecule has 6 nitrogen and oxygen atoms in total. The van der Waals surface area contributed by atoms with Crippen molar-refractivity contribution in [2.24, 2.45) is 0 Å². The van der Waals surface area contributed by atoms with Crippen LogP contribution in [-0.4, -0.2) is 62.3 Å². The minimum atomic E-state index is -3.50. The van der Waals surface area contributed by atoms with Gasteiger partial charge in [-0.2, -0.15) is 4.31 Å². The molecule has 0 aromatic heterocycles. The zero-order valence-electron chi connectivity index (χ0n) is 16.4. The molecule has 1 heterocycles. The first-order chi connectivity index (χ1) is 12.1. The summed E-state index contributed by atoms with van der Waals surface area (Å²) in [7, 11) is -3.50. The highest BCUT2D eigenvalue weighted by Gasteiger charge is 2.31. The summed E-state index contributed by atoms with van der Waals surface area (Å²) in [4.78, 5) is 14.3. The highest BCUT2D eigenvalue weighted by Crippen LogP contribution is 2.25. The van der Waals surface area contributed by atoms with Crippen molar-refractivity contribution in [3.8, 4) is 0 Å². The van der Waals surface area contributed by atoms with Gasteiger partial charge in [0.15, 0.2) is 0 Å². The lowest BCUT2D eigenvalue weighted by Crippen LogP contribution is -2.54. The molecular formula is C19H31N3O3S. The third-order valence-electron chi connectivity index (χ3n) is 4.91. The van der Waals surface area contributed by atoms with Gasteiger partial charge in [0.25, 0.3) is 0 Å². The summed E-state index contributed by atoms with van der Waals surface area (Å²) in [5.41, 5.74) is 1.10. The lowest BCUT2D eigenvalue weighted by atomic mass is 9.87. The number of piperazine rings is 1. The lowest BCUT2D eigenvalue weighted by molar-refractivity contribution is -0.126. The monoisotopic (exact) mass is 381 g/mol. The smallest absolute Gasteiger partial charge is 0.243 e. The number of benzene rings is 1. The fourth-order valence-electron chi connectivity index (χ4n) is 3.09. The van der Waals surface area contributed by atoms with E-state index in [9.17, 15) is 13.2 Å². The molecule has 26 heavy (non-hydrogen) atoms. The molecule has 1 aromatic rings. The third kappa shape index (κ3) is 4.64. The second-order valence-corrected chi connectivity index (χ2v) is 9.72. The largest absolute Gasteiger partial charge is 0.355 e. The molecule has 1 fully saturated rings. The van der Waals surface area contributed by atoms with E-state index in [0.717, 1.165) is 5.56 Å². The Labute approximate surface area is 157 Å². The van der Waals surface area contributed by atoms with E-state index < -0.39 is 10.0 Å². The molecule has 0 spiro atoms. The summed E-state index contributed by atoms with van der Waals surface area (Å²) >= 11 is 0. The maximum atomic E-state index is 12.9. The number of hydrogen-bond donors (Lipinski definition) is 1. The van der Waals surface area contributed by atoms with Crippen molar-refractivity contribution in [2.45, 2.75) is 51.0 Å². The maximum absolute atomic E-state index is 12.9. The van der Waals surface area contributed by atoms with Gasteiger partial charge in [-0.3, -0.25) is 9.69 Å². The summed E-state index contributed by atoms with van der Waals surface area (Å²) < 4.78 is 27.3. The lowest BCUT2D eigenvalue weighted by Gasteiger charge is -2.36. The van der Waals surface area contributed by atoms with Crippen molar-refractivity contribution in [1.29, 1.82) is 0 Å². The number of sulfonamides is 1. The van der Waals surface area contributed by atoms with Gasteiger partial charge in [-0.1, -0.05) is 32.9 Å². The average Bonchev–Trinajstić information content (AvgIpc) is 2.60. The van der Waals surface area contributed by atoms with Crippen LogP contribution in [0.15, 0.2) is 29.2 Å². The Kier molecular flexibility index (Phi) is 6.47. The predicted octanol–water partition coefficient (Wildman–Crippen LogP) is 1.81. The number of nitrogens with one attached hydrogen (secondary N) is 1. The van der Waals surface area contributed by atoms with E-state index in [-0.39, 0.29) is 17.4 Å². The Bertz CT molecular complexity index is 715. The quantitative estimate of drug-likeness (QED) is 0.845. The van der Waals surface area contributed by atoms with Gasteiger partial charge in [0, 0.05) is 32.7 Å². The Morgan fingerprint density at radius 3 is 2.12 bits per heavy atom. The van der Waals surface area contributed by atoms with Crippen LogP contribution in [0.25, 0.3) is 0 Å². The summed E-state index contributed by atoms with van der Waals surface area (Å²) in [6.07, 6.45) is 0. The number of hydrogen-bond acceptors (Lipinski definition) is 4. The predicted molar refractivity (Wildman–Crippen MR) is 104 cm³/mol. The van der Waals surface area contributed by atoms with E-state index in [1.54, 1.807) is 12.1 Å². The molecule has 1 aromatic carbocycles. The normalized spacial score (nSPS) is 18.5.